The van der Waals surface area contributed by atoms with Crippen LogP contribution in [-0.4, -0.2) is 29.8 Å². The fraction of sp³-hybridized carbons (Fsp3) is 0.579. The molecule has 0 saturated heterocycles. The molecule has 1 aromatic carbocycles. The normalized spacial score (nSPS) is 11.9. The van der Waals surface area contributed by atoms with Gasteiger partial charge in [0.1, 0.15) is 11.6 Å². The van der Waals surface area contributed by atoms with Gasteiger partial charge in [-0.15, -0.1) is 0 Å². The third kappa shape index (κ3) is 12.5. The minimum Gasteiger partial charge on any atom is -0.461 e. The first-order valence-electron chi connectivity index (χ1n) is 8.85. The van der Waals surface area contributed by atoms with Crippen molar-refractivity contribution in [3.63, 3.8) is 0 Å². The Labute approximate surface area is 183 Å². The summed E-state index contributed by atoms with van der Waals surface area (Å²) in [6.45, 7) is 12.9. The third-order valence-electron chi connectivity index (χ3n) is 2.79. The van der Waals surface area contributed by atoms with E-state index in [1.165, 1.54) is 0 Å². The minimum atomic E-state index is -0.801. The molecule has 154 valence electrons. The number of hydrogen-bond donors (Lipinski definition) is 1. The van der Waals surface area contributed by atoms with Crippen molar-refractivity contribution in [3.8, 4) is 0 Å². The first-order valence-corrected chi connectivity index (χ1v) is 13.5. The van der Waals surface area contributed by atoms with Crippen molar-refractivity contribution in [2.75, 3.05) is 0 Å². The van der Waals surface area contributed by atoms with Gasteiger partial charge in [0.2, 0.25) is 0 Å². The van der Waals surface area contributed by atoms with Crippen LogP contribution in [0.2, 0.25) is 0 Å². The molecule has 0 radical (unpaired) electrons. The molecule has 1 aromatic rings. The van der Waals surface area contributed by atoms with Crippen LogP contribution < -0.4 is 5.32 Å². The molecule has 0 saturated carbocycles. The Morgan fingerprint density at radius 2 is 1.85 bits per heavy atom. The van der Waals surface area contributed by atoms with Gasteiger partial charge in [0.05, 0.1) is 6.10 Å². The molecule has 1 atom stereocenters. The number of ether oxygens (including phenoxy) is 2. The number of benzene rings is 1. The number of esters is 1. The van der Waals surface area contributed by atoms with Crippen molar-refractivity contribution >= 4 is 52.0 Å². The highest BCUT2D eigenvalue weighted by molar-refractivity contribution is 14.2. The van der Waals surface area contributed by atoms with Gasteiger partial charge in [-0.3, -0.25) is 0 Å². The van der Waals surface area contributed by atoms with Crippen molar-refractivity contribution in [2.24, 2.45) is 0 Å². The average Bonchev–Trinajstić information content (AvgIpc) is 2.54. The number of nitrogens with one attached hydrogen (secondary N) is 1. The summed E-state index contributed by atoms with van der Waals surface area (Å²) in [6.07, 6.45) is -0.551. The quantitative estimate of drug-likeness (QED) is 0.259. The number of alkyl carbamates (subject to hydrolysis) is 1. The van der Waals surface area contributed by atoms with Crippen LogP contribution in [0.4, 0.5) is 4.79 Å². The topological polar surface area (TPSA) is 64.6 Å². The van der Waals surface area contributed by atoms with Crippen LogP contribution >= 0.6 is 40.0 Å². The number of halogens is 1. The Hall–Kier alpha value is -0.610. The Balaban J connectivity index is 0.00000326. The molecule has 8 heteroatoms. The summed E-state index contributed by atoms with van der Waals surface area (Å²) >= 11 is 2.21. The molecule has 5 nitrogen and oxygen atoms in total. The van der Waals surface area contributed by atoms with Gasteiger partial charge in [-0.25, -0.2) is 9.59 Å². The van der Waals surface area contributed by atoms with Crippen molar-refractivity contribution < 1.29 is 19.1 Å². The van der Waals surface area contributed by atoms with Gasteiger partial charge < -0.3 is 14.8 Å². The fourth-order valence-corrected chi connectivity index (χ4v) is 4.76. The van der Waals surface area contributed by atoms with E-state index in [4.69, 9.17) is 9.47 Å². The van der Waals surface area contributed by atoms with E-state index in [2.05, 4.69) is 26.5 Å². The molecule has 27 heavy (non-hydrogen) atoms. The summed E-state index contributed by atoms with van der Waals surface area (Å²) in [6, 6.07) is 7.06. The number of hydrogen-bond acceptors (Lipinski definition) is 6. The highest BCUT2D eigenvalue weighted by atomic mass is 127. The average molecular weight is 527 g/mol. The van der Waals surface area contributed by atoms with E-state index in [0.717, 1.165) is 10.5 Å². The molecule has 1 rings (SSSR count). The maximum Gasteiger partial charge on any atom is 0.408 e. The van der Waals surface area contributed by atoms with Gasteiger partial charge in [-0.1, -0.05) is 26.0 Å². The predicted molar refractivity (Wildman–Crippen MR) is 123 cm³/mol. The summed E-state index contributed by atoms with van der Waals surface area (Å²) in [4.78, 5) is 25.5. The number of carbonyl (C=O) groups is 2. The number of carbonyl (C=O) groups excluding carboxylic acids is 2. The molecule has 0 aliphatic carbocycles. The van der Waals surface area contributed by atoms with Crippen LogP contribution in [0.25, 0.3) is 0 Å². The third-order valence-corrected chi connectivity index (χ3v) is 5.69. The van der Waals surface area contributed by atoms with E-state index in [1.807, 2.05) is 38.1 Å². The second kappa shape index (κ2) is 13.5. The monoisotopic (exact) mass is 527 g/mol. The Kier molecular flexibility index (Phi) is 13.2. The lowest BCUT2D eigenvalue weighted by atomic mass is 10.1. The second-order valence-corrected chi connectivity index (χ2v) is 11.6. The molecular weight excluding hydrogens is 497 g/mol. The van der Waals surface area contributed by atoms with E-state index in [-0.39, 0.29) is 6.10 Å². The molecule has 1 amide bonds. The van der Waals surface area contributed by atoms with E-state index >= 15 is 0 Å². The second-order valence-electron chi connectivity index (χ2n) is 6.68. The van der Waals surface area contributed by atoms with Crippen molar-refractivity contribution in [2.45, 2.75) is 77.5 Å². The molecule has 0 aromatic heterocycles. The van der Waals surface area contributed by atoms with Gasteiger partial charge in [0.25, 0.3) is 0 Å². The molecule has 0 aliphatic heterocycles. The minimum absolute atomic E-state index is 0.257. The van der Waals surface area contributed by atoms with Crippen LogP contribution in [0, 0.1) is 0 Å². The highest BCUT2D eigenvalue weighted by Gasteiger charge is 2.26. The summed E-state index contributed by atoms with van der Waals surface area (Å²) < 4.78 is 10.5. The lowest BCUT2D eigenvalue weighted by Gasteiger charge is -2.23. The Bertz CT molecular complexity index is 591. The van der Waals surface area contributed by atoms with Crippen LogP contribution in [0.1, 0.15) is 54.0 Å². The largest absolute Gasteiger partial charge is 0.461 e. The molecular formula is C19H30INO4S2. The summed E-state index contributed by atoms with van der Waals surface area (Å²) in [7, 11) is 3.25. The zero-order chi connectivity index (χ0) is 21.0. The molecule has 0 aliphatic rings. The molecule has 0 spiro atoms. The molecule has 0 heterocycles. The lowest BCUT2D eigenvalue weighted by Crippen LogP contribution is -2.46. The van der Waals surface area contributed by atoms with Gasteiger partial charge in [0.15, 0.2) is 0 Å². The number of rotatable bonds is 7. The highest BCUT2D eigenvalue weighted by Crippen LogP contribution is 2.36. The van der Waals surface area contributed by atoms with Crippen LogP contribution in [-0.2, 0) is 20.7 Å². The van der Waals surface area contributed by atoms with E-state index in [9.17, 15) is 9.59 Å². The van der Waals surface area contributed by atoms with Crippen molar-refractivity contribution in [1.29, 1.82) is 0 Å². The maximum absolute atomic E-state index is 12.4. The Morgan fingerprint density at radius 1 is 1.22 bits per heavy atom. The maximum atomic E-state index is 12.4. The zero-order valence-corrected chi connectivity index (χ0v) is 20.8. The molecule has 0 bridgehead atoms. The summed E-state index contributed by atoms with van der Waals surface area (Å²) in [5.74, 6) is -0.470. The standard InChI is InChI=1S/C17H24INO4S2.C2H6/c1-11(2)22-15(20)14(19-16(21)23-17(3,4)5)10-12-7-6-8-13(9-12)24-25-18;1-2/h6-9,11,14H,10H2,1-5H3,(H,19,21);1-2H3/t14-;/m1./s1. The fourth-order valence-electron chi connectivity index (χ4n) is 1.95. The molecule has 0 fully saturated rings. The van der Waals surface area contributed by atoms with Gasteiger partial charge in [-0.05, 0) is 71.1 Å². The molecule has 0 unspecified atom stereocenters. The van der Waals surface area contributed by atoms with Gasteiger partial charge in [-0.2, -0.15) is 0 Å². The number of amides is 1. The van der Waals surface area contributed by atoms with E-state index < -0.39 is 23.7 Å². The van der Waals surface area contributed by atoms with Crippen LogP contribution in [0.3, 0.4) is 0 Å². The van der Waals surface area contributed by atoms with E-state index in [0.29, 0.717) is 6.42 Å². The summed E-state index contributed by atoms with van der Waals surface area (Å²) in [5, 5.41) is 2.63. The zero-order valence-electron chi connectivity index (χ0n) is 17.0. The SMILES string of the molecule is CC.CC(C)OC(=O)[C@@H](Cc1cccc(SSI)c1)NC(=O)OC(C)(C)C. The van der Waals surface area contributed by atoms with Gasteiger partial charge >= 0.3 is 12.1 Å². The lowest BCUT2D eigenvalue weighted by molar-refractivity contribution is -0.149. The molecule has 1 N–H and O–H groups in total. The predicted octanol–water partition coefficient (Wildman–Crippen LogP) is 6.19. The van der Waals surface area contributed by atoms with Crippen molar-refractivity contribution in [1.82, 2.24) is 5.32 Å². The summed E-state index contributed by atoms with van der Waals surface area (Å²) in [5.41, 5.74) is 0.308. The van der Waals surface area contributed by atoms with Gasteiger partial charge in [0, 0.05) is 32.5 Å². The first kappa shape index (κ1) is 26.4. The Morgan fingerprint density at radius 3 is 2.37 bits per heavy atom. The van der Waals surface area contributed by atoms with Crippen molar-refractivity contribution in [3.05, 3.63) is 29.8 Å². The van der Waals surface area contributed by atoms with E-state index in [1.54, 1.807) is 53.4 Å². The van der Waals surface area contributed by atoms with Crippen LogP contribution in [0.15, 0.2) is 29.2 Å². The smallest absolute Gasteiger partial charge is 0.408 e. The van der Waals surface area contributed by atoms with Crippen LogP contribution in [0.5, 0.6) is 0 Å². The first-order chi connectivity index (χ1) is 12.6.